The molecule has 184 valence electrons. The number of hydrogen-bond acceptors (Lipinski definition) is 4. The van der Waals surface area contributed by atoms with Crippen molar-refractivity contribution in [2.75, 3.05) is 14.2 Å². The number of fused-ring (bicyclic) bond motifs is 2. The van der Waals surface area contributed by atoms with Crippen LogP contribution in [0.1, 0.15) is 40.4 Å². The van der Waals surface area contributed by atoms with E-state index in [1.165, 1.54) is 14.2 Å². The molecule has 0 fully saturated rings. The normalized spacial score (nSPS) is 10.7. The van der Waals surface area contributed by atoms with Crippen LogP contribution in [0.25, 0.3) is 33.2 Å². The summed E-state index contributed by atoms with van der Waals surface area (Å²) >= 11 is 3.58. The van der Waals surface area contributed by atoms with Crippen molar-refractivity contribution in [1.29, 1.82) is 0 Å². The lowest BCUT2D eigenvalue weighted by atomic mass is 10.1. The highest BCUT2D eigenvalue weighted by Crippen LogP contribution is 2.35. The molecule has 7 heteroatoms. The van der Waals surface area contributed by atoms with Crippen molar-refractivity contribution in [3.63, 3.8) is 0 Å². The van der Waals surface area contributed by atoms with E-state index in [9.17, 15) is 9.59 Å². The van der Waals surface area contributed by atoms with Gasteiger partial charge in [0.25, 0.3) is 0 Å². The van der Waals surface area contributed by atoms with Crippen molar-refractivity contribution in [3.05, 3.63) is 94.2 Å². The highest BCUT2D eigenvalue weighted by Gasteiger charge is 2.24. The maximum atomic E-state index is 12.7. The van der Waals surface area contributed by atoms with E-state index < -0.39 is 11.9 Å². The Labute approximate surface area is 218 Å². The van der Waals surface area contributed by atoms with Crippen molar-refractivity contribution >= 4 is 49.7 Å². The quantitative estimate of drug-likeness (QED) is 0.223. The van der Waals surface area contributed by atoms with E-state index >= 15 is 0 Å². The number of aryl methyl sites for hydroxylation is 1. The zero-order chi connectivity index (χ0) is 26.0. The van der Waals surface area contributed by atoms with Crippen LogP contribution in [0.3, 0.4) is 0 Å². The first-order chi connectivity index (χ1) is 17.5. The minimum atomic E-state index is -0.438. The Morgan fingerprint density at radius 2 is 1.08 bits per heavy atom. The zero-order valence-electron chi connectivity index (χ0n) is 20.8. The van der Waals surface area contributed by atoms with Crippen molar-refractivity contribution in [2.24, 2.45) is 0 Å². The second kappa shape index (κ2) is 10.4. The van der Waals surface area contributed by atoms with E-state index in [-0.39, 0.29) is 0 Å². The van der Waals surface area contributed by atoms with Gasteiger partial charge in [-0.15, -0.1) is 0 Å². The third-order valence-electron chi connectivity index (χ3n) is 6.06. The van der Waals surface area contributed by atoms with Crippen LogP contribution in [-0.2, 0) is 9.47 Å². The molecule has 0 saturated carbocycles. The third kappa shape index (κ3) is 3.99. The van der Waals surface area contributed by atoms with Crippen molar-refractivity contribution in [3.8, 4) is 11.4 Å². The fourth-order valence-electron chi connectivity index (χ4n) is 4.51. The molecule has 6 nitrogen and oxygen atoms in total. The molecule has 3 aromatic carbocycles. The molecule has 0 bridgehead atoms. The number of carbonyl (C=O) groups is 2. The van der Waals surface area contributed by atoms with Gasteiger partial charge >= 0.3 is 11.9 Å². The fourth-order valence-corrected chi connectivity index (χ4v) is 5.18. The molecule has 0 aliphatic carbocycles. The molecule has 0 radical (unpaired) electrons. The largest absolute Gasteiger partial charge is 0.464 e. The van der Waals surface area contributed by atoms with Gasteiger partial charge < -0.3 is 18.6 Å². The Kier molecular flexibility index (Phi) is 7.31. The van der Waals surface area contributed by atoms with Crippen LogP contribution in [0.4, 0.5) is 0 Å². The minimum absolute atomic E-state index is 0.397. The molecule has 0 amide bonds. The van der Waals surface area contributed by atoms with Crippen molar-refractivity contribution < 1.29 is 19.1 Å². The summed E-state index contributed by atoms with van der Waals surface area (Å²) in [7, 11) is 2.75. The lowest BCUT2D eigenvalue weighted by molar-refractivity contribution is 0.0582. The summed E-state index contributed by atoms with van der Waals surface area (Å²) in [6.45, 7) is 5.92. The Balaban J connectivity index is 0.00000148. The monoisotopic (exact) mass is 546 g/mol. The van der Waals surface area contributed by atoms with Gasteiger partial charge in [-0.1, -0.05) is 50.2 Å². The molecule has 2 heterocycles. The molecule has 0 atom stereocenters. The summed E-state index contributed by atoms with van der Waals surface area (Å²) < 4.78 is 14.6. The SMILES string of the molecule is CC.COC(=O)c1c(C)c2ccccc2n1-c1ccc(-n2c(C(=O)OC)c(Br)c3ccccc32)cc1. The van der Waals surface area contributed by atoms with Crippen LogP contribution in [-0.4, -0.2) is 35.3 Å². The Bertz CT molecular complexity index is 1460. The van der Waals surface area contributed by atoms with Gasteiger partial charge in [0, 0.05) is 22.1 Å². The van der Waals surface area contributed by atoms with E-state index in [2.05, 4.69) is 15.9 Å². The number of halogens is 1. The standard InChI is InChI=1S/C27H21BrN2O4.C2H6/c1-16-19-8-4-6-10-21(19)29(24(16)26(31)33-2)17-12-14-18(15-13-17)30-22-11-7-5-9-20(22)23(28)25(30)27(32)34-3;1-2/h4-15H,1-3H3;1-2H3. The first-order valence-electron chi connectivity index (χ1n) is 11.6. The van der Waals surface area contributed by atoms with Gasteiger partial charge in [-0.05, 0) is 64.8 Å². The van der Waals surface area contributed by atoms with Gasteiger partial charge in [-0.25, -0.2) is 9.59 Å². The van der Waals surface area contributed by atoms with E-state index in [4.69, 9.17) is 9.47 Å². The van der Waals surface area contributed by atoms with Crippen molar-refractivity contribution in [1.82, 2.24) is 9.13 Å². The molecule has 0 aliphatic rings. The number of nitrogens with zero attached hydrogens (tertiary/aromatic N) is 2. The number of carbonyl (C=O) groups excluding carboxylic acids is 2. The van der Waals surface area contributed by atoms with Crippen LogP contribution in [0.15, 0.2) is 77.3 Å². The van der Waals surface area contributed by atoms with Gasteiger partial charge in [0.1, 0.15) is 11.4 Å². The number of rotatable bonds is 4. The van der Waals surface area contributed by atoms with Crippen LogP contribution in [0, 0.1) is 6.92 Å². The van der Waals surface area contributed by atoms with E-state index in [0.29, 0.717) is 15.9 Å². The van der Waals surface area contributed by atoms with Gasteiger partial charge in [0.15, 0.2) is 0 Å². The molecule has 2 aromatic heterocycles. The predicted molar refractivity (Wildman–Crippen MR) is 147 cm³/mol. The lowest BCUT2D eigenvalue weighted by Gasteiger charge is -2.13. The lowest BCUT2D eigenvalue weighted by Crippen LogP contribution is -2.11. The summed E-state index contributed by atoms with van der Waals surface area (Å²) in [6.07, 6.45) is 0. The van der Waals surface area contributed by atoms with Crippen LogP contribution in [0.5, 0.6) is 0 Å². The van der Waals surface area contributed by atoms with E-state index in [0.717, 1.165) is 38.7 Å². The molecule has 0 saturated heterocycles. The zero-order valence-corrected chi connectivity index (χ0v) is 22.4. The number of methoxy groups -OCH3 is 2. The number of aromatic nitrogens is 2. The molecule has 0 N–H and O–H groups in total. The van der Waals surface area contributed by atoms with Crippen LogP contribution < -0.4 is 0 Å². The molecular weight excluding hydrogens is 520 g/mol. The highest BCUT2D eigenvalue weighted by molar-refractivity contribution is 9.10. The summed E-state index contributed by atoms with van der Waals surface area (Å²) in [4.78, 5) is 25.3. The second-order valence-electron chi connectivity index (χ2n) is 7.84. The Morgan fingerprint density at radius 1 is 0.667 bits per heavy atom. The van der Waals surface area contributed by atoms with E-state index in [1.54, 1.807) is 0 Å². The number of hydrogen-bond donors (Lipinski definition) is 0. The summed E-state index contributed by atoms with van der Waals surface area (Å²) in [5.41, 5.74) is 5.15. The molecule has 5 rings (SSSR count). The van der Waals surface area contributed by atoms with Gasteiger partial charge in [-0.2, -0.15) is 0 Å². The van der Waals surface area contributed by atoms with E-state index in [1.807, 2.05) is 103 Å². The van der Waals surface area contributed by atoms with Crippen molar-refractivity contribution in [2.45, 2.75) is 20.8 Å². The molecule has 5 aromatic rings. The maximum Gasteiger partial charge on any atom is 0.356 e. The third-order valence-corrected chi connectivity index (χ3v) is 6.87. The fraction of sp³-hybridized carbons (Fsp3) is 0.172. The second-order valence-corrected chi connectivity index (χ2v) is 8.63. The average molecular weight is 547 g/mol. The average Bonchev–Trinajstić information content (AvgIpc) is 3.40. The number of benzene rings is 3. The molecular formula is C29H27BrN2O4. The predicted octanol–water partition coefficient (Wildman–Crippen LogP) is 7.24. The minimum Gasteiger partial charge on any atom is -0.464 e. The molecule has 0 spiro atoms. The number of para-hydroxylation sites is 2. The highest BCUT2D eigenvalue weighted by atomic mass is 79.9. The summed E-state index contributed by atoms with van der Waals surface area (Å²) in [6, 6.07) is 23.3. The van der Waals surface area contributed by atoms with Gasteiger partial charge in [0.2, 0.25) is 0 Å². The van der Waals surface area contributed by atoms with Crippen LogP contribution >= 0.6 is 15.9 Å². The Hall–Kier alpha value is -3.84. The first-order valence-corrected chi connectivity index (χ1v) is 12.4. The first kappa shape index (κ1) is 25.3. The van der Waals surface area contributed by atoms with Gasteiger partial charge in [-0.3, -0.25) is 0 Å². The topological polar surface area (TPSA) is 62.5 Å². The summed E-state index contributed by atoms with van der Waals surface area (Å²) in [5, 5.41) is 1.90. The molecule has 0 unspecified atom stereocenters. The maximum absolute atomic E-state index is 12.7. The molecule has 0 aliphatic heterocycles. The number of esters is 2. The van der Waals surface area contributed by atoms with Gasteiger partial charge in [0.05, 0.1) is 29.7 Å². The smallest absolute Gasteiger partial charge is 0.356 e. The Morgan fingerprint density at radius 3 is 1.61 bits per heavy atom. The summed E-state index contributed by atoms with van der Waals surface area (Å²) in [5.74, 6) is -0.835. The number of ether oxygens (including phenoxy) is 2. The molecule has 36 heavy (non-hydrogen) atoms. The van der Waals surface area contributed by atoms with Crippen LogP contribution in [0.2, 0.25) is 0 Å².